The number of likely N-dealkylation sites (tertiary alicyclic amines) is 2. The molecule has 7 nitrogen and oxygen atoms in total. The third-order valence-corrected chi connectivity index (χ3v) is 7.14. The molecule has 0 aliphatic carbocycles. The van der Waals surface area contributed by atoms with Gasteiger partial charge in [0.2, 0.25) is 5.76 Å². The summed E-state index contributed by atoms with van der Waals surface area (Å²) in [4.78, 5) is 39.1. The van der Waals surface area contributed by atoms with Crippen LogP contribution in [0.4, 0.5) is 0 Å². The van der Waals surface area contributed by atoms with Gasteiger partial charge in [-0.1, -0.05) is 0 Å². The van der Waals surface area contributed by atoms with Gasteiger partial charge in [-0.2, -0.15) is 0 Å². The van der Waals surface area contributed by atoms with Crippen LogP contribution in [0.15, 0.2) is 9.93 Å². The number of rotatable bonds is 3. The van der Waals surface area contributed by atoms with Crippen molar-refractivity contribution in [2.45, 2.75) is 58.9 Å². The molecular weight excluding hydrogens is 388 g/mol. The summed E-state index contributed by atoms with van der Waals surface area (Å²) < 4.78 is 5.51. The van der Waals surface area contributed by atoms with Gasteiger partial charge in [0.05, 0.1) is 16.9 Å². The Balaban J connectivity index is 1.42. The first-order valence-corrected chi connectivity index (χ1v) is 11.3. The minimum Gasteiger partial charge on any atom is -0.436 e. The maximum atomic E-state index is 13.1. The zero-order chi connectivity index (χ0) is 20.5. The van der Waals surface area contributed by atoms with E-state index in [4.69, 9.17) is 4.42 Å². The van der Waals surface area contributed by atoms with E-state index in [-0.39, 0.29) is 17.9 Å². The molecule has 0 saturated carbocycles. The van der Waals surface area contributed by atoms with E-state index in [0.29, 0.717) is 36.4 Å². The Hall–Kier alpha value is -2.22. The van der Waals surface area contributed by atoms with E-state index in [1.165, 1.54) is 11.3 Å². The van der Waals surface area contributed by atoms with Crippen molar-refractivity contribution in [1.82, 2.24) is 19.8 Å². The number of carbonyl (C=O) groups excluding carboxylic acids is 2. The van der Waals surface area contributed by atoms with Gasteiger partial charge in [0.15, 0.2) is 5.89 Å². The average Bonchev–Trinajstić information content (AvgIpc) is 3.31. The van der Waals surface area contributed by atoms with Crippen LogP contribution in [-0.4, -0.2) is 57.3 Å². The second-order valence-corrected chi connectivity index (χ2v) is 8.96. The van der Waals surface area contributed by atoms with Crippen molar-refractivity contribution in [3.63, 3.8) is 0 Å². The van der Waals surface area contributed by atoms with Gasteiger partial charge in [-0.05, 0) is 51.9 Å². The van der Waals surface area contributed by atoms with Crippen LogP contribution in [-0.2, 0) is 0 Å². The fourth-order valence-corrected chi connectivity index (χ4v) is 5.46. The van der Waals surface area contributed by atoms with Gasteiger partial charge in [-0.3, -0.25) is 9.59 Å². The molecule has 0 radical (unpaired) electrons. The second kappa shape index (κ2) is 8.26. The van der Waals surface area contributed by atoms with Gasteiger partial charge in [-0.25, -0.2) is 9.97 Å². The lowest BCUT2D eigenvalue weighted by atomic mass is 9.83. The number of hydrogen-bond acceptors (Lipinski definition) is 6. The summed E-state index contributed by atoms with van der Waals surface area (Å²) in [6, 6.07) is 0.254. The molecule has 2 aliphatic rings. The second-order valence-electron chi connectivity index (χ2n) is 8.11. The number of oxazole rings is 1. The highest BCUT2D eigenvalue weighted by Gasteiger charge is 2.37. The highest BCUT2D eigenvalue weighted by molar-refractivity contribution is 7.11. The number of thiazole rings is 1. The number of piperidine rings is 2. The van der Waals surface area contributed by atoms with Crippen molar-refractivity contribution < 1.29 is 14.0 Å². The highest BCUT2D eigenvalue weighted by Crippen LogP contribution is 2.33. The van der Waals surface area contributed by atoms with Crippen molar-refractivity contribution >= 4 is 23.2 Å². The summed E-state index contributed by atoms with van der Waals surface area (Å²) in [5, 5.41) is 0. The van der Waals surface area contributed by atoms with E-state index in [1.54, 1.807) is 12.4 Å². The standard InChI is InChI=1S/C21H28N4O3S/c1-13-18(28-15(3)23-13)20(26)24-10-7-16(8-11-24)17-6-4-5-9-25(17)21(27)19-14(2)22-12-29-19/h12,16-17H,4-11H2,1-3H3/t17-/m1/s1. The first kappa shape index (κ1) is 20.1. The molecule has 2 aliphatic heterocycles. The molecular formula is C21H28N4O3S. The Labute approximate surface area is 175 Å². The van der Waals surface area contributed by atoms with Gasteiger partial charge < -0.3 is 14.2 Å². The molecule has 156 valence electrons. The van der Waals surface area contributed by atoms with E-state index in [2.05, 4.69) is 14.9 Å². The molecule has 2 fully saturated rings. The Kier molecular flexibility index (Phi) is 5.72. The lowest BCUT2D eigenvalue weighted by Gasteiger charge is -2.43. The monoisotopic (exact) mass is 416 g/mol. The predicted molar refractivity (Wildman–Crippen MR) is 110 cm³/mol. The highest BCUT2D eigenvalue weighted by atomic mass is 32.1. The first-order chi connectivity index (χ1) is 14.0. The fourth-order valence-electron chi connectivity index (χ4n) is 4.70. The van der Waals surface area contributed by atoms with Crippen molar-refractivity contribution in [2.24, 2.45) is 5.92 Å². The molecule has 2 aromatic heterocycles. The van der Waals surface area contributed by atoms with E-state index < -0.39 is 0 Å². The van der Waals surface area contributed by atoms with Crippen LogP contribution in [0.1, 0.15) is 69.6 Å². The molecule has 8 heteroatoms. The average molecular weight is 417 g/mol. The molecule has 2 aromatic rings. The maximum Gasteiger partial charge on any atom is 0.291 e. The summed E-state index contributed by atoms with van der Waals surface area (Å²) in [5.74, 6) is 1.36. The predicted octanol–water partition coefficient (Wildman–Crippen LogP) is 3.60. The number of aryl methyl sites for hydroxylation is 3. The Morgan fingerprint density at radius 3 is 2.41 bits per heavy atom. The molecule has 4 rings (SSSR count). The zero-order valence-electron chi connectivity index (χ0n) is 17.3. The van der Waals surface area contributed by atoms with E-state index in [0.717, 1.165) is 49.2 Å². The summed E-state index contributed by atoms with van der Waals surface area (Å²) in [6.45, 7) is 7.68. The molecule has 0 unspecified atom stereocenters. The minimum atomic E-state index is -0.0709. The largest absolute Gasteiger partial charge is 0.436 e. The van der Waals surface area contributed by atoms with Gasteiger partial charge in [0.25, 0.3) is 11.8 Å². The molecule has 0 bridgehead atoms. The SMILES string of the molecule is Cc1nc(C)c(C(=O)N2CCC([C@H]3CCCCN3C(=O)c3scnc3C)CC2)o1. The van der Waals surface area contributed by atoms with Crippen LogP contribution in [0.5, 0.6) is 0 Å². The van der Waals surface area contributed by atoms with Crippen LogP contribution < -0.4 is 0 Å². The molecule has 2 saturated heterocycles. The first-order valence-electron chi connectivity index (χ1n) is 10.4. The normalized spacial score (nSPS) is 20.9. The maximum absolute atomic E-state index is 13.1. The Bertz CT molecular complexity index is 898. The number of carbonyl (C=O) groups is 2. The molecule has 4 heterocycles. The minimum absolute atomic E-state index is 0.0709. The van der Waals surface area contributed by atoms with Crippen LogP contribution in [0.3, 0.4) is 0 Å². The summed E-state index contributed by atoms with van der Waals surface area (Å²) in [7, 11) is 0. The van der Waals surface area contributed by atoms with Crippen LogP contribution in [0.25, 0.3) is 0 Å². The zero-order valence-corrected chi connectivity index (χ0v) is 18.1. The number of aromatic nitrogens is 2. The Morgan fingerprint density at radius 1 is 1.03 bits per heavy atom. The third kappa shape index (κ3) is 3.95. The Morgan fingerprint density at radius 2 is 1.79 bits per heavy atom. The summed E-state index contributed by atoms with van der Waals surface area (Å²) in [5.41, 5.74) is 3.22. The lowest BCUT2D eigenvalue weighted by Crippen LogP contribution is -2.51. The topological polar surface area (TPSA) is 79.5 Å². The number of nitrogens with zero attached hydrogens (tertiary/aromatic N) is 4. The van der Waals surface area contributed by atoms with Crippen molar-refractivity contribution in [2.75, 3.05) is 19.6 Å². The van der Waals surface area contributed by atoms with Crippen molar-refractivity contribution in [3.05, 3.63) is 33.4 Å². The lowest BCUT2D eigenvalue weighted by molar-refractivity contribution is 0.0369. The van der Waals surface area contributed by atoms with Crippen LogP contribution >= 0.6 is 11.3 Å². The number of hydrogen-bond donors (Lipinski definition) is 0. The van der Waals surface area contributed by atoms with Gasteiger partial charge >= 0.3 is 0 Å². The quantitative estimate of drug-likeness (QED) is 0.764. The van der Waals surface area contributed by atoms with E-state index in [1.807, 2.05) is 18.7 Å². The van der Waals surface area contributed by atoms with Gasteiger partial charge in [-0.15, -0.1) is 11.3 Å². The molecule has 1 atom stereocenters. The molecule has 0 N–H and O–H groups in total. The smallest absolute Gasteiger partial charge is 0.291 e. The number of amides is 2. The summed E-state index contributed by atoms with van der Waals surface area (Å²) in [6.07, 6.45) is 5.08. The van der Waals surface area contributed by atoms with E-state index >= 15 is 0 Å². The van der Waals surface area contributed by atoms with Gasteiger partial charge in [0, 0.05) is 32.6 Å². The van der Waals surface area contributed by atoms with Gasteiger partial charge in [0.1, 0.15) is 4.88 Å². The molecule has 0 spiro atoms. The van der Waals surface area contributed by atoms with Crippen LogP contribution in [0, 0.1) is 26.7 Å². The van der Waals surface area contributed by atoms with Crippen LogP contribution in [0.2, 0.25) is 0 Å². The fraction of sp³-hybridized carbons (Fsp3) is 0.619. The van der Waals surface area contributed by atoms with Crippen molar-refractivity contribution in [3.8, 4) is 0 Å². The molecule has 2 amide bonds. The third-order valence-electron chi connectivity index (χ3n) is 6.22. The van der Waals surface area contributed by atoms with E-state index in [9.17, 15) is 9.59 Å². The molecule has 0 aromatic carbocycles. The molecule has 29 heavy (non-hydrogen) atoms. The summed E-state index contributed by atoms with van der Waals surface area (Å²) >= 11 is 1.43. The van der Waals surface area contributed by atoms with Crippen molar-refractivity contribution in [1.29, 1.82) is 0 Å².